The molecule has 0 radical (unpaired) electrons. The van der Waals surface area contributed by atoms with Crippen molar-refractivity contribution in [3.63, 3.8) is 0 Å². The largest absolute Gasteiger partial charge is 0.389 e. The third-order valence-electron chi connectivity index (χ3n) is 2.47. The molecule has 2 atom stereocenters. The van der Waals surface area contributed by atoms with Crippen molar-refractivity contribution in [1.82, 2.24) is 0 Å². The number of esters is 2. The number of carbonyl (C=O) groups is 2. The molecule has 1 heterocycles. The maximum absolute atomic E-state index is 11.6. The van der Waals surface area contributed by atoms with Crippen molar-refractivity contribution in [3.05, 3.63) is 0 Å². The molecule has 1 aliphatic heterocycles. The van der Waals surface area contributed by atoms with Gasteiger partial charge in [0.1, 0.15) is 0 Å². The second-order valence-corrected chi connectivity index (χ2v) is 6.37. The van der Waals surface area contributed by atoms with Crippen LogP contribution < -0.4 is 0 Å². The highest BCUT2D eigenvalue weighted by Gasteiger charge is 2.47. The molecule has 1 saturated heterocycles. The summed E-state index contributed by atoms with van der Waals surface area (Å²) in [7, 11) is 0. The van der Waals surface area contributed by atoms with E-state index in [1.807, 2.05) is 41.5 Å². The summed E-state index contributed by atoms with van der Waals surface area (Å²) in [6.45, 7) is 11.3. The van der Waals surface area contributed by atoms with Crippen LogP contribution in [0.25, 0.3) is 0 Å². The smallest absolute Gasteiger partial charge is 0.343 e. The van der Waals surface area contributed by atoms with Crippen molar-refractivity contribution in [2.24, 2.45) is 10.8 Å². The zero-order valence-corrected chi connectivity index (χ0v) is 10.8. The molecule has 0 saturated carbocycles. The predicted octanol–water partition coefficient (Wildman–Crippen LogP) is 1.92. The van der Waals surface area contributed by atoms with E-state index in [9.17, 15) is 9.59 Å². The van der Waals surface area contributed by atoms with Gasteiger partial charge in [0.25, 0.3) is 0 Å². The molecule has 0 aromatic heterocycles. The summed E-state index contributed by atoms with van der Waals surface area (Å²) < 4.78 is 10.4. The lowest BCUT2D eigenvalue weighted by molar-refractivity contribution is -0.211. The van der Waals surface area contributed by atoms with Crippen molar-refractivity contribution in [1.29, 1.82) is 0 Å². The number of cyclic esters (lactones) is 2. The Bertz CT molecular complexity index is 276. The highest BCUT2D eigenvalue weighted by molar-refractivity contribution is 5.93. The standard InChI is InChI=1S/C12H20O4/c1-11(2,3)7-9(13)16-10(14)8(15-7)12(4,5)6/h7-8H,1-6H3. The Morgan fingerprint density at radius 3 is 1.38 bits per heavy atom. The topological polar surface area (TPSA) is 52.6 Å². The molecule has 1 aliphatic rings. The van der Waals surface area contributed by atoms with Gasteiger partial charge in [-0.05, 0) is 10.8 Å². The lowest BCUT2D eigenvalue weighted by Crippen LogP contribution is -2.53. The van der Waals surface area contributed by atoms with Gasteiger partial charge in [-0.1, -0.05) is 41.5 Å². The lowest BCUT2D eigenvalue weighted by Gasteiger charge is -2.39. The van der Waals surface area contributed by atoms with Gasteiger partial charge in [0.05, 0.1) is 0 Å². The highest BCUT2D eigenvalue weighted by atomic mass is 16.7. The molecule has 0 spiro atoms. The van der Waals surface area contributed by atoms with Crippen LogP contribution in [-0.4, -0.2) is 24.1 Å². The normalized spacial score (nSPS) is 27.9. The summed E-state index contributed by atoms with van der Waals surface area (Å²) in [6.07, 6.45) is -1.37. The Hall–Kier alpha value is -0.900. The van der Waals surface area contributed by atoms with E-state index in [4.69, 9.17) is 9.47 Å². The highest BCUT2D eigenvalue weighted by Crippen LogP contribution is 2.33. The Labute approximate surface area is 96.3 Å². The average molecular weight is 228 g/mol. The first kappa shape index (κ1) is 13.2. The van der Waals surface area contributed by atoms with E-state index in [1.165, 1.54) is 0 Å². The van der Waals surface area contributed by atoms with Crippen molar-refractivity contribution in [2.45, 2.75) is 53.8 Å². The molecule has 0 aliphatic carbocycles. The zero-order valence-electron chi connectivity index (χ0n) is 10.8. The average Bonchev–Trinajstić information content (AvgIpc) is 1.97. The summed E-state index contributed by atoms with van der Waals surface area (Å²) in [5.74, 6) is -1.17. The summed E-state index contributed by atoms with van der Waals surface area (Å²) in [5.41, 5.74) is -0.747. The van der Waals surface area contributed by atoms with Crippen LogP contribution in [0.1, 0.15) is 41.5 Å². The second-order valence-electron chi connectivity index (χ2n) is 6.37. The lowest BCUT2D eigenvalue weighted by atomic mass is 9.84. The molecule has 1 rings (SSSR count). The van der Waals surface area contributed by atoms with E-state index in [0.29, 0.717) is 0 Å². The molecule has 0 aromatic rings. The van der Waals surface area contributed by atoms with Gasteiger partial charge in [0, 0.05) is 0 Å². The fraction of sp³-hybridized carbons (Fsp3) is 0.833. The van der Waals surface area contributed by atoms with E-state index < -0.39 is 24.1 Å². The van der Waals surface area contributed by atoms with Gasteiger partial charge in [0.2, 0.25) is 0 Å². The maximum Gasteiger partial charge on any atom is 0.343 e. The van der Waals surface area contributed by atoms with Crippen LogP contribution in [0.15, 0.2) is 0 Å². The Kier molecular flexibility index (Phi) is 3.16. The first-order chi connectivity index (χ1) is 7.03. The minimum Gasteiger partial charge on any atom is -0.389 e. The molecular weight excluding hydrogens is 208 g/mol. The van der Waals surface area contributed by atoms with Crippen molar-refractivity contribution in [2.75, 3.05) is 0 Å². The Morgan fingerprint density at radius 2 is 1.12 bits per heavy atom. The van der Waals surface area contributed by atoms with Crippen LogP contribution in [0.3, 0.4) is 0 Å². The fourth-order valence-corrected chi connectivity index (χ4v) is 1.57. The molecule has 92 valence electrons. The molecule has 0 aromatic carbocycles. The maximum atomic E-state index is 11.6. The quantitative estimate of drug-likeness (QED) is 0.469. The van der Waals surface area contributed by atoms with Gasteiger partial charge in [0.15, 0.2) is 12.2 Å². The van der Waals surface area contributed by atoms with Crippen LogP contribution in [0.4, 0.5) is 0 Å². The summed E-state index contributed by atoms with van der Waals surface area (Å²) in [5, 5.41) is 0. The molecule has 0 N–H and O–H groups in total. The van der Waals surface area contributed by atoms with Crippen molar-refractivity contribution in [3.8, 4) is 0 Å². The predicted molar refractivity (Wildman–Crippen MR) is 58.7 cm³/mol. The van der Waals surface area contributed by atoms with E-state index in [2.05, 4.69) is 0 Å². The van der Waals surface area contributed by atoms with Crippen molar-refractivity contribution < 1.29 is 19.1 Å². The van der Waals surface area contributed by atoms with Crippen LogP contribution in [0, 0.1) is 10.8 Å². The summed E-state index contributed by atoms with van der Waals surface area (Å²) in [6, 6.07) is 0. The van der Waals surface area contributed by atoms with Gasteiger partial charge in [-0.25, -0.2) is 9.59 Å². The summed E-state index contributed by atoms with van der Waals surface area (Å²) in [4.78, 5) is 23.1. The molecule has 0 amide bonds. The molecule has 2 unspecified atom stereocenters. The van der Waals surface area contributed by atoms with E-state index >= 15 is 0 Å². The number of hydrogen-bond acceptors (Lipinski definition) is 4. The van der Waals surface area contributed by atoms with Crippen LogP contribution in [0.2, 0.25) is 0 Å². The van der Waals surface area contributed by atoms with Crippen LogP contribution in [0.5, 0.6) is 0 Å². The first-order valence-corrected chi connectivity index (χ1v) is 5.44. The van der Waals surface area contributed by atoms with E-state index in [-0.39, 0.29) is 10.8 Å². The third-order valence-corrected chi connectivity index (χ3v) is 2.47. The van der Waals surface area contributed by atoms with E-state index in [1.54, 1.807) is 0 Å². The molecule has 1 fully saturated rings. The third kappa shape index (κ3) is 2.61. The minimum atomic E-state index is -0.686. The molecular formula is C12H20O4. The number of ether oxygens (including phenoxy) is 2. The molecule has 0 bridgehead atoms. The van der Waals surface area contributed by atoms with E-state index in [0.717, 1.165) is 0 Å². The molecule has 4 heteroatoms. The molecule has 16 heavy (non-hydrogen) atoms. The van der Waals surface area contributed by atoms with Gasteiger partial charge in [-0.3, -0.25) is 0 Å². The van der Waals surface area contributed by atoms with Gasteiger partial charge >= 0.3 is 11.9 Å². The Morgan fingerprint density at radius 1 is 0.812 bits per heavy atom. The van der Waals surface area contributed by atoms with Gasteiger partial charge in [-0.2, -0.15) is 0 Å². The zero-order chi connectivity index (χ0) is 12.7. The Balaban J connectivity index is 2.94. The molecule has 4 nitrogen and oxygen atoms in total. The van der Waals surface area contributed by atoms with Crippen LogP contribution >= 0.6 is 0 Å². The van der Waals surface area contributed by atoms with Gasteiger partial charge in [-0.15, -0.1) is 0 Å². The van der Waals surface area contributed by atoms with Crippen molar-refractivity contribution >= 4 is 11.9 Å². The summed E-state index contributed by atoms with van der Waals surface area (Å²) >= 11 is 0. The fourth-order valence-electron chi connectivity index (χ4n) is 1.57. The minimum absolute atomic E-state index is 0.374. The number of carbonyl (C=O) groups excluding carboxylic acids is 2. The number of hydrogen-bond donors (Lipinski definition) is 0. The van der Waals surface area contributed by atoms with Crippen LogP contribution in [-0.2, 0) is 19.1 Å². The number of rotatable bonds is 0. The monoisotopic (exact) mass is 228 g/mol. The SMILES string of the molecule is CC(C)(C)C1OC(C(C)(C)C)C(=O)OC1=O. The van der Waals surface area contributed by atoms with Gasteiger partial charge < -0.3 is 9.47 Å². The second kappa shape index (κ2) is 3.84. The first-order valence-electron chi connectivity index (χ1n) is 5.44.